The lowest BCUT2D eigenvalue weighted by Crippen LogP contribution is -2.53. The van der Waals surface area contributed by atoms with E-state index in [9.17, 15) is 4.79 Å². The lowest BCUT2D eigenvalue weighted by molar-refractivity contribution is -0.135. The minimum absolute atomic E-state index is 0.158. The van der Waals surface area contributed by atoms with Crippen LogP contribution in [0.4, 0.5) is 5.69 Å². The van der Waals surface area contributed by atoms with Crippen molar-refractivity contribution in [2.24, 2.45) is 17.8 Å². The molecule has 0 aliphatic heterocycles. The number of carbonyl (C=O) groups is 1. The maximum absolute atomic E-state index is 12.8. The molecule has 0 heterocycles. The Balaban J connectivity index is 1.47. The first kappa shape index (κ1) is 15.3. The smallest absolute Gasteiger partial charge is 0.228 e. The molecule has 2 aromatic rings. The minimum atomic E-state index is 0.158. The van der Waals surface area contributed by atoms with Gasteiger partial charge in [-0.2, -0.15) is 0 Å². The number of methoxy groups -OCH3 is 1. The Kier molecular flexibility index (Phi) is 4.01. The Bertz CT molecular complexity index is 698. The maximum Gasteiger partial charge on any atom is 0.228 e. The normalized spacial score (nSPS) is 27.9. The molecule has 2 bridgehead atoms. The second kappa shape index (κ2) is 6.31. The number of ether oxygens (including phenoxy) is 1. The molecule has 2 unspecified atom stereocenters. The van der Waals surface area contributed by atoms with Crippen LogP contribution in [-0.2, 0) is 4.79 Å². The molecule has 0 spiro atoms. The maximum atomic E-state index is 12.8. The fraction of sp³-hybridized carbons (Fsp3) is 0.381. The van der Waals surface area contributed by atoms with Gasteiger partial charge in [0.15, 0.2) is 0 Å². The number of fused-ring (bicyclic) bond motifs is 2. The summed E-state index contributed by atoms with van der Waals surface area (Å²) >= 11 is 0. The summed E-state index contributed by atoms with van der Waals surface area (Å²) in [4.78, 5) is 12.8. The third kappa shape index (κ3) is 2.58. The number of anilines is 1. The molecule has 3 nitrogen and oxygen atoms in total. The number of carbonyl (C=O) groups excluding carboxylic acids is 1. The highest BCUT2D eigenvalue weighted by molar-refractivity contribution is 5.94. The molecule has 1 amide bonds. The van der Waals surface area contributed by atoms with Gasteiger partial charge in [-0.25, -0.2) is 0 Å². The average molecular weight is 321 g/mol. The number of amides is 1. The van der Waals surface area contributed by atoms with E-state index in [0.717, 1.165) is 24.3 Å². The molecule has 4 atom stereocenters. The zero-order valence-corrected chi connectivity index (χ0v) is 13.9. The Morgan fingerprint density at radius 2 is 1.67 bits per heavy atom. The Morgan fingerprint density at radius 1 is 1.00 bits per heavy atom. The van der Waals surface area contributed by atoms with Gasteiger partial charge in [-0.3, -0.25) is 4.79 Å². The van der Waals surface area contributed by atoms with Gasteiger partial charge in [0.2, 0.25) is 5.91 Å². The van der Waals surface area contributed by atoms with Crippen molar-refractivity contribution in [1.29, 1.82) is 0 Å². The largest absolute Gasteiger partial charge is 0.497 e. The van der Waals surface area contributed by atoms with Gasteiger partial charge in [0, 0.05) is 11.6 Å². The third-order valence-electron chi connectivity index (χ3n) is 5.76. The fourth-order valence-corrected chi connectivity index (χ4v) is 4.70. The SMILES string of the molecule is COc1ccc(NC(=O)C2[C@H]3CCC[C@@H]2C3c2ccccc2)cc1. The predicted molar refractivity (Wildman–Crippen MR) is 95.1 cm³/mol. The van der Waals surface area contributed by atoms with Crippen molar-refractivity contribution in [2.75, 3.05) is 12.4 Å². The molecule has 0 aromatic heterocycles. The molecule has 4 rings (SSSR count). The monoisotopic (exact) mass is 321 g/mol. The molecule has 2 saturated carbocycles. The number of nitrogens with one attached hydrogen (secondary N) is 1. The minimum Gasteiger partial charge on any atom is -0.497 e. The van der Waals surface area contributed by atoms with Crippen molar-refractivity contribution >= 4 is 11.6 Å². The van der Waals surface area contributed by atoms with E-state index in [-0.39, 0.29) is 11.8 Å². The number of hydrogen-bond acceptors (Lipinski definition) is 2. The summed E-state index contributed by atoms with van der Waals surface area (Å²) in [6.45, 7) is 0. The second-order valence-corrected chi connectivity index (χ2v) is 6.94. The average Bonchev–Trinajstić information content (AvgIpc) is 2.64. The molecule has 2 aliphatic rings. The quantitative estimate of drug-likeness (QED) is 0.902. The predicted octanol–water partition coefficient (Wildman–Crippen LogP) is 4.46. The zero-order valence-electron chi connectivity index (χ0n) is 13.9. The molecule has 124 valence electrons. The van der Waals surface area contributed by atoms with Crippen molar-refractivity contribution in [3.8, 4) is 5.75 Å². The van der Waals surface area contributed by atoms with Gasteiger partial charge in [0.1, 0.15) is 5.75 Å². The molecule has 2 aromatic carbocycles. The van der Waals surface area contributed by atoms with Gasteiger partial charge < -0.3 is 10.1 Å². The van der Waals surface area contributed by atoms with E-state index in [2.05, 4.69) is 35.6 Å². The Morgan fingerprint density at radius 3 is 2.29 bits per heavy atom. The van der Waals surface area contributed by atoms with E-state index in [1.54, 1.807) is 7.11 Å². The highest BCUT2D eigenvalue weighted by Gasteiger charge is 2.55. The standard InChI is InChI=1S/C21H23NO2/c1-24-16-12-10-15(11-13-16)22-21(23)20-17-8-5-9-18(20)19(17)14-6-3-2-4-7-14/h2-4,6-7,10-13,17-20H,5,8-9H2,1H3,(H,22,23)/t17-,18+,19?,20?. The summed E-state index contributed by atoms with van der Waals surface area (Å²) in [5.41, 5.74) is 2.25. The van der Waals surface area contributed by atoms with Crippen LogP contribution in [0.3, 0.4) is 0 Å². The molecule has 24 heavy (non-hydrogen) atoms. The lowest BCUT2D eigenvalue weighted by atomic mass is 9.48. The summed E-state index contributed by atoms with van der Waals surface area (Å²) in [6, 6.07) is 18.3. The van der Waals surface area contributed by atoms with E-state index < -0.39 is 0 Å². The fourth-order valence-electron chi connectivity index (χ4n) is 4.70. The van der Waals surface area contributed by atoms with Crippen molar-refractivity contribution in [3.05, 3.63) is 60.2 Å². The van der Waals surface area contributed by atoms with Gasteiger partial charge in [-0.05, 0) is 60.4 Å². The van der Waals surface area contributed by atoms with E-state index in [1.165, 1.54) is 12.0 Å². The number of hydrogen-bond donors (Lipinski definition) is 1. The zero-order chi connectivity index (χ0) is 16.5. The lowest BCUT2D eigenvalue weighted by Gasteiger charge is -2.55. The van der Waals surface area contributed by atoms with E-state index in [0.29, 0.717) is 17.8 Å². The topological polar surface area (TPSA) is 38.3 Å². The summed E-state index contributed by atoms with van der Waals surface area (Å²) < 4.78 is 5.16. The summed E-state index contributed by atoms with van der Waals surface area (Å²) in [7, 11) is 1.65. The second-order valence-electron chi connectivity index (χ2n) is 6.94. The molecule has 3 heteroatoms. The van der Waals surface area contributed by atoms with Crippen LogP contribution >= 0.6 is 0 Å². The van der Waals surface area contributed by atoms with E-state index >= 15 is 0 Å². The van der Waals surface area contributed by atoms with E-state index in [1.807, 2.05) is 24.3 Å². The van der Waals surface area contributed by atoms with Crippen LogP contribution < -0.4 is 10.1 Å². The Hall–Kier alpha value is -2.29. The van der Waals surface area contributed by atoms with Crippen molar-refractivity contribution < 1.29 is 9.53 Å². The third-order valence-corrected chi connectivity index (χ3v) is 5.76. The number of benzene rings is 2. The molecule has 2 fully saturated rings. The van der Waals surface area contributed by atoms with Crippen LogP contribution in [0.15, 0.2) is 54.6 Å². The first-order chi connectivity index (χ1) is 11.8. The van der Waals surface area contributed by atoms with Crippen LogP contribution in [0, 0.1) is 17.8 Å². The van der Waals surface area contributed by atoms with Gasteiger partial charge in [0.05, 0.1) is 7.11 Å². The highest BCUT2D eigenvalue weighted by Crippen LogP contribution is 2.60. The molecule has 0 radical (unpaired) electrons. The summed E-state index contributed by atoms with van der Waals surface area (Å²) in [5, 5.41) is 3.10. The van der Waals surface area contributed by atoms with E-state index in [4.69, 9.17) is 4.74 Å². The Labute approximate surface area is 143 Å². The number of rotatable bonds is 4. The van der Waals surface area contributed by atoms with Crippen molar-refractivity contribution in [3.63, 3.8) is 0 Å². The molecular weight excluding hydrogens is 298 g/mol. The van der Waals surface area contributed by atoms with Gasteiger partial charge >= 0.3 is 0 Å². The van der Waals surface area contributed by atoms with Crippen molar-refractivity contribution in [2.45, 2.75) is 25.2 Å². The summed E-state index contributed by atoms with van der Waals surface area (Å²) in [5.74, 6) is 2.69. The van der Waals surface area contributed by atoms with Gasteiger partial charge in [-0.15, -0.1) is 0 Å². The van der Waals surface area contributed by atoms with Crippen LogP contribution in [0.1, 0.15) is 30.7 Å². The van der Waals surface area contributed by atoms with Crippen LogP contribution in [0.5, 0.6) is 5.75 Å². The summed E-state index contributed by atoms with van der Waals surface area (Å²) in [6.07, 6.45) is 3.58. The molecule has 1 N–H and O–H groups in total. The van der Waals surface area contributed by atoms with Crippen molar-refractivity contribution in [1.82, 2.24) is 0 Å². The molecule has 0 saturated heterocycles. The molecule has 2 aliphatic carbocycles. The highest BCUT2D eigenvalue weighted by atomic mass is 16.5. The first-order valence-corrected chi connectivity index (χ1v) is 8.78. The van der Waals surface area contributed by atoms with Gasteiger partial charge in [0.25, 0.3) is 0 Å². The molecular formula is C21H23NO2. The first-order valence-electron chi connectivity index (χ1n) is 8.78. The van der Waals surface area contributed by atoms with Crippen LogP contribution in [0.2, 0.25) is 0 Å². The van der Waals surface area contributed by atoms with Crippen LogP contribution in [0.25, 0.3) is 0 Å². The van der Waals surface area contributed by atoms with Gasteiger partial charge in [-0.1, -0.05) is 36.8 Å². The van der Waals surface area contributed by atoms with Crippen LogP contribution in [-0.4, -0.2) is 13.0 Å².